The molecule has 0 amide bonds. The van der Waals surface area contributed by atoms with E-state index < -0.39 is 0 Å². The van der Waals surface area contributed by atoms with Crippen molar-refractivity contribution in [3.8, 4) is 11.8 Å². The lowest BCUT2D eigenvalue weighted by atomic mass is 10.1. The summed E-state index contributed by atoms with van der Waals surface area (Å²) in [4.78, 5) is 9.72. The third-order valence-corrected chi connectivity index (χ3v) is 4.73. The highest BCUT2D eigenvalue weighted by Crippen LogP contribution is 2.28. The number of rotatable bonds is 6. The van der Waals surface area contributed by atoms with Crippen LogP contribution in [0, 0.1) is 17.8 Å². The first kappa shape index (κ1) is 18.3. The fourth-order valence-corrected chi connectivity index (χ4v) is 3.00. The van der Waals surface area contributed by atoms with Gasteiger partial charge in [0.2, 0.25) is 0 Å². The molecule has 1 fully saturated rings. The van der Waals surface area contributed by atoms with E-state index in [2.05, 4.69) is 22.0 Å². The summed E-state index contributed by atoms with van der Waals surface area (Å²) in [6, 6.07) is 15.8. The number of nitrogens with zero attached hydrogens (tertiary/aromatic N) is 3. The van der Waals surface area contributed by atoms with Crippen molar-refractivity contribution >= 4 is 17.3 Å². The Morgan fingerprint density at radius 2 is 2.07 bits per heavy atom. The molecule has 0 radical (unpaired) electrons. The second-order valence-electron chi connectivity index (χ2n) is 6.77. The van der Waals surface area contributed by atoms with Gasteiger partial charge in [0.15, 0.2) is 0 Å². The Balaban J connectivity index is 1.55. The third kappa shape index (κ3) is 5.03. The Morgan fingerprint density at radius 3 is 2.79 bits per heavy atom. The number of imidazole rings is 1. The van der Waals surface area contributed by atoms with Crippen LogP contribution in [0.25, 0.3) is 0 Å². The van der Waals surface area contributed by atoms with Crippen molar-refractivity contribution in [1.29, 1.82) is 0 Å². The lowest BCUT2D eigenvalue weighted by Crippen LogP contribution is -2.12. The van der Waals surface area contributed by atoms with Crippen LogP contribution in [0.1, 0.15) is 29.5 Å². The molecule has 1 aromatic heterocycles. The first-order chi connectivity index (χ1) is 13.8. The molecule has 2 aromatic carbocycles. The van der Waals surface area contributed by atoms with Crippen LogP contribution in [-0.2, 0) is 18.0 Å². The molecule has 0 N–H and O–H groups in total. The molecule has 4 nitrogen and oxygen atoms in total. The van der Waals surface area contributed by atoms with Crippen LogP contribution in [0.5, 0.6) is 0 Å². The number of oxime groups is 1. The van der Waals surface area contributed by atoms with E-state index in [4.69, 9.17) is 16.4 Å². The normalized spacial score (nSPS) is 13.7. The maximum absolute atomic E-state index is 6.56. The number of halogens is 1. The number of hydrogen-bond acceptors (Lipinski definition) is 3. The maximum Gasteiger partial charge on any atom is 0.142 e. The minimum Gasteiger partial charge on any atom is -0.391 e. The van der Waals surface area contributed by atoms with Gasteiger partial charge < -0.3 is 9.40 Å². The molecule has 4 rings (SSSR count). The van der Waals surface area contributed by atoms with Crippen molar-refractivity contribution in [1.82, 2.24) is 9.55 Å². The van der Waals surface area contributed by atoms with E-state index in [0.717, 1.165) is 22.4 Å². The highest BCUT2D eigenvalue weighted by atomic mass is 35.5. The van der Waals surface area contributed by atoms with E-state index in [-0.39, 0.29) is 0 Å². The van der Waals surface area contributed by atoms with Crippen molar-refractivity contribution in [2.75, 3.05) is 0 Å². The fourth-order valence-electron chi connectivity index (χ4n) is 2.72. The third-order valence-electron chi connectivity index (χ3n) is 4.42. The molecule has 0 saturated heterocycles. The van der Waals surface area contributed by atoms with Gasteiger partial charge in [0.05, 0.1) is 17.9 Å². The summed E-state index contributed by atoms with van der Waals surface area (Å²) in [6.45, 7) is 0.915. The summed E-state index contributed by atoms with van der Waals surface area (Å²) in [5.74, 6) is 7.02. The average Bonchev–Trinajstić information content (AvgIpc) is 3.41. The smallest absolute Gasteiger partial charge is 0.142 e. The van der Waals surface area contributed by atoms with E-state index in [1.54, 1.807) is 12.5 Å². The number of hydrogen-bond donors (Lipinski definition) is 0. The summed E-state index contributed by atoms with van der Waals surface area (Å²) >= 11 is 6.56. The first-order valence-electron chi connectivity index (χ1n) is 9.28. The van der Waals surface area contributed by atoms with Crippen molar-refractivity contribution in [2.45, 2.75) is 26.0 Å². The highest BCUT2D eigenvalue weighted by molar-refractivity contribution is 6.34. The molecule has 0 bridgehead atoms. The molecule has 0 aliphatic heterocycles. The summed E-state index contributed by atoms with van der Waals surface area (Å²) in [6.07, 6.45) is 7.78. The molecule has 28 heavy (non-hydrogen) atoms. The molecular weight excluding hydrogens is 370 g/mol. The standard InChI is InChI=1S/C23H20ClN3O/c24-22-14-19(9-8-18-6-7-18)10-11-21(22)23(15-27-13-12-25-17-27)26-28-16-20-4-2-1-3-5-20/h1-5,10-14,17-18H,6-7,15-16H2/b26-23+. The quantitative estimate of drug-likeness (QED) is 0.341. The van der Waals surface area contributed by atoms with E-state index in [0.29, 0.717) is 24.1 Å². The molecule has 0 spiro atoms. The van der Waals surface area contributed by atoms with Gasteiger partial charge in [0.25, 0.3) is 0 Å². The summed E-state index contributed by atoms with van der Waals surface area (Å²) < 4.78 is 1.93. The predicted octanol–water partition coefficient (Wildman–Crippen LogP) is 4.92. The second kappa shape index (κ2) is 8.77. The Labute approximate surface area is 169 Å². The maximum atomic E-state index is 6.56. The fraction of sp³-hybridized carbons (Fsp3) is 0.217. The van der Waals surface area contributed by atoms with Gasteiger partial charge in [0.1, 0.15) is 12.3 Å². The van der Waals surface area contributed by atoms with Gasteiger partial charge in [-0.3, -0.25) is 0 Å². The Morgan fingerprint density at radius 1 is 1.21 bits per heavy atom. The van der Waals surface area contributed by atoms with E-state index >= 15 is 0 Å². The molecule has 1 heterocycles. The topological polar surface area (TPSA) is 39.4 Å². The van der Waals surface area contributed by atoms with Crippen LogP contribution in [0.3, 0.4) is 0 Å². The van der Waals surface area contributed by atoms with Gasteiger partial charge in [0, 0.05) is 29.4 Å². The first-order valence-corrected chi connectivity index (χ1v) is 9.66. The van der Waals surface area contributed by atoms with Crippen LogP contribution >= 0.6 is 11.6 Å². The molecule has 3 aromatic rings. The molecule has 140 valence electrons. The molecule has 1 aliphatic rings. The van der Waals surface area contributed by atoms with Gasteiger partial charge in [-0.05, 0) is 30.5 Å². The summed E-state index contributed by atoms with van der Waals surface area (Å²) in [5.41, 5.74) is 3.55. The zero-order chi connectivity index (χ0) is 19.2. The van der Waals surface area contributed by atoms with Gasteiger partial charge >= 0.3 is 0 Å². The zero-order valence-corrected chi connectivity index (χ0v) is 16.1. The SMILES string of the molecule is Clc1cc(C#CC2CC2)ccc1/C(Cn1ccnc1)=N/OCc1ccccc1. The van der Waals surface area contributed by atoms with E-state index in [1.807, 2.05) is 59.3 Å². The van der Waals surface area contributed by atoms with E-state index in [1.165, 1.54) is 12.8 Å². The Hall–Kier alpha value is -3.03. The van der Waals surface area contributed by atoms with Gasteiger partial charge in [-0.1, -0.05) is 65.0 Å². The van der Waals surface area contributed by atoms with E-state index in [9.17, 15) is 0 Å². The van der Waals surface area contributed by atoms with Crippen LogP contribution in [-0.4, -0.2) is 15.3 Å². The zero-order valence-electron chi connectivity index (χ0n) is 15.4. The monoisotopic (exact) mass is 389 g/mol. The minimum atomic E-state index is 0.400. The van der Waals surface area contributed by atoms with Crippen LogP contribution in [0.2, 0.25) is 5.02 Å². The van der Waals surface area contributed by atoms with Crippen LogP contribution in [0.15, 0.2) is 72.4 Å². The highest BCUT2D eigenvalue weighted by Gasteiger charge is 2.18. The Kier molecular flexibility index (Phi) is 5.75. The molecule has 0 unspecified atom stereocenters. The van der Waals surface area contributed by atoms with Crippen molar-refractivity contribution in [2.24, 2.45) is 11.1 Å². The predicted molar refractivity (Wildman–Crippen MR) is 111 cm³/mol. The van der Waals surface area contributed by atoms with Crippen molar-refractivity contribution in [3.63, 3.8) is 0 Å². The van der Waals surface area contributed by atoms with Gasteiger partial charge in [-0.25, -0.2) is 4.98 Å². The average molecular weight is 390 g/mol. The molecule has 1 saturated carbocycles. The molecule has 1 aliphatic carbocycles. The van der Waals surface area contributed by atoms with Gasteiger partial charge in [-0.15, -0.1) is 0 Å². The van der Waals surface area contributed by atoms with Crippen LogP contribution in [0.4, 0.5) is 0 Å². The minimum absolute atomic E-state index is 0.400. The summed E-state index contributed by atoms with van der Waals surface area (Å²) in [7, 11) is 0. The van der Waals surface area contributed by atoms with Crippen molar-refractivity contribution in [3.05, 3.63) is 89.0 Å². The lowest BCUT2D eigenvalue weighted by molar-refractivity contribution is 0.130. The lowest BCUT2D eigenvalue weighted by Gasteiger charge is -2.10. The second-order valence-corrected chi connectivity index (χ2v) is 7.18. The Bertz CT molecular complexity index is 1010. The van der Waals surface area contributed by atoms with Crippen LogP contribution < -0.4 is 0 Å². The molecular formula is C23H20ClN3O. The number of benzene rings is 2. The molecule has 5 heteroatoms. The van der Waals surface area contributed by atoms with Gasteiger partial charge in [-0.2, -0.15) is 0 Å². The summed E-state index contributed by atoms with van der Waals surface area (Å²) in [5, 5.41) is 5.00. The van der Waals surface area contributed by atoms with Crippen molar-refractivity contribution < 1.29 is 4.84 Å². The molecule has 0 atom stereocenters. The number of aromatic nitrogens is 2. The largest absolute Gasteiger partial charge is 0.391 e.